The average Bonchev–Trinajstić information content (AvgIpc) is 3.12. The van der Waals surface area contributed by atoms with Crippen molar-refractivity contribution in [2.45, 2.75) is 12.5 Å². The SMILES string of the molecule is COC(CNC(=O)c1cc(-c2cccs2)on1)CC(=O)O. The highest BCUT2D eigenvalue weighted by Gasteiger charge is 2.17. The van der Waals surface area contributed by atoms with Crippen molar-refractivity contribution in [2.24, 2.45) is 0 Å². The van der Waals surface area contributed by atoms with E-state index in [1.165, 1.54) is 18.4 Å². The summed E-state index contributed by atoms with van der Waals surface area (Å²) in [5.74, 6) is -0.907. The minimum absolute atomic E-state index is 0.0861. The number of nitrogens with zero attached hydrogens (tertiary/aromatic N) is 1. The molecule has 0 aliphatic rings. The van der Waals surface area contributed by atoms with Crippen LogP contribution in [0.2, 0.25) is 0 Å². The summed E-state index contributed by atoms with van der Waals surface area (Å²) in [4.78, 5) is 23.4. The van der Waals surface area contributed by atoms with Gasteiger partial charge in [-0.3, -0.25) is 9.59 Å². The summed E-state index contributed by atoms with van der Waals surface area (Å²) < 4.78 is 10.1. The zero-order valence-corrected chi connectivity index (χ0v) is 12.1. The molecule has 0 radical (unpaired) electrons. The van der Waals surface area contributed by atoms with Crippen molar-refractivity contribution in [3.05, 3.63) is 29.3 Å². The van der Waals surface area contributed by atoms with Crippen molar-refractivity contribution in [3.8, 4) is 10.6 Å². The molecule has 2 rings (SSSR count). The summed E-state index contributed by atoms with van der Waals surface area (Å²) in [6.07, 6.45) is -0.772. The molecule has 0 aromatic carbocycles. The van der Waals surface area contributed by atoms with Gasteiger partial charge in [0.05, 0.1) is 17.4 Å². The zero-order valence-electron chi connectivity index (χ0n) is 11.2. The lowest BCUT2D eigenvalue weighted by atomic mass is 10.2. The number of aromatic nitrogens is 1. The van der Waals surface area contributed by atoms with E-state index < -0.39 is 18.0 Å². The van der Waals surface area contributed by atoms with Crippen molar-refractivity contribution in [3.63, 3.8) is 0 Å². The van der Waals surface area contributed by atoms with Gasteiger partial charge < -0.3 is 19.7 Å². The number of rotatable bonds is 7. The van der Waals surface area contributed by atoms with E-state index in [1.54, 1.807) is 6.07 Å². The second kappa shape index (κ2) is 7.00. The molecule has 7 nitrogen and oxygen atoms in total. The molecule has 2 aromatic rings. The van der Waals surface area contributed by atoms with Crippen molar-refractivity contribution in [1.29, 1.82) is 0 Å². The van der Waals surface area contributed by atoms with E-state index in [9.17, 15) is 9.59 Å². The maximum Gasteiger partial charge on any atom is 0.306 e. The molecule has 1 atom stereocenters. The summed E-state index contributed by atoms with van der Waals surface area (Å²) in [5, 5.41) is 16.8. The molecule has 8 heteroatoms. The second-order valence-electron chi connectivity index (χ2n) is 4.22. The Kier molecular flexibility index (Phi) is 5.07. The van der Waals surface area contributed by atoms with E-state index in [4.69, 9.17) is 14.4 Å². The van der Waals surface area contributed by atoms with Gasteiger partial charge in [-0.1, -0.05) is 11.2 Å². The molecule has 0 spiro atoms. The quantitative estimate of drug-likeness (QED) is 0.806. The van der Waals surface area contributed by atoms with Crippen LogP contribution in [0.5, 0.6) is 0 Å². The highest BCUT2D eigenvalue weighted by molar-refractivity contribution is 7.13. The third kappa shape index (κ3) is 4.14. The van der Waals surface area contributed by atoms with E-state index in [0.717, 1.165) is 4.88 Å². The zero-order chi connectivity index (χ0) is 15.2. The van der Waals surface area contributed by atoms with Crippen LogP contribution in [0.3, 0.4) is 0 Å². The Balaban J connectivity index is 1.93. The van der Waals surface area contributed by atoms with Crippen LogP contribution in [-0.4, -0.2) is 41.9 Å². The molecule has 1 amide bonds. The van der Waals surface area contributed by atoms with Gasteiger partial charge in [0.15, 0.2) is 11.5 Å². The Morgan fingerprint density at radius 1 is 1.57 bits per heavy atom. The fourth-order valence-corrected chi connectivity index (χ4v) is 2.32. The van der Waals surface area contributed by atoms with Crippen LogP contribution in [0.25, 0.3) is 10.6 Å². The van der Waals surface area contributed by atoms with Gasteiger partial charge in [0.1, 0.15) is 0 Å². The topological polar surface area (TPSA) is 102 Å². The van der Waals surface area contributed by atoms with E-state index >= 15 is 0 Å². The number of nitrogens with one attached hydrogen (secondary N) is 1. The van der Waals surface area contributed by atoms with E-state index in [1.807, 2.05) is 17.5 Å². The Hall–Kier alpha value is -2.19. The minimum Gasteiger partial charge on any atom is -0.481 e. The summed E-state index contributed by atoms with van der Waals surface area (Å²) in [5.41, 5.74) is 0.142. The Bertz CT molecular complexity index is 608. The van der Waals surface area contributed by atoms with Gasteiger partial charge in [0, 0.05) is 19.7 Å². The normalized spacial score (nSPS) is 12.0. The summed E-state index contributed by atoms with van der Waals surface area (Å²) in [7, 11) is 1.39. The van der Waals surface area contributed by atoms with Crippen molar-refractivity contribution >= 4 is 23.2 Å². The first-order valence-corrected chi connectivity index (χ1v) is 7.01. The number of carbonyl (C=O) groups excluding carboxylic acids is 1. The number of hydrogen-bond donors (Lipinski definition) is 2. The van der Waals surface area contributed by atoms with Gasteiger partial charge in [0.2, 0.25) is 0 Å². The molecule has 2 heterocycles. The number of thiophene rings is 1. The number of methoxy groups -OCH3 is 1. The molecule has 0 aliphatic carbocycles. The average molecular weight is 310 g/mol. The maximum atomic E-state index is 11.9. The summed E-state index contributed by atoms with van der Waals surface area (Å²) in [6, 6.07) is 5.28. The first-order valence-electron chi connectivity index (χ1n) is 6.13. The molecule has 0 bridgehead atoms. The number of amides is 1. The molecular formula is C13H14N2O5S. The van der Waals surface area contributed by atoms with Crippen molar-refractivity contribution in [1.82, 2.24) is 10.5 Å². The fraction of sp³-hybridized carbons (Fsp3) is 0.308. The number of aliphatic carboxylic acids is 1. The van der Waals surface area contributed by atoms with Gasteiger partial charge in [0.25, 0.3) is 5.91 Å². The van der Waals surface area contributed by atoms with E-state index in [2.05, 4.69) is 10.5 Å². The number of ether oxygens (including phenoxy) is 1. The van der Waals surface area contributed by atoms with Gasteiger partial charge >= 0.3 is 5.97 Å². The number of carboxylic acid groups (broad SMARTS) is 1. The second-order valence-corrected chi connectivity index (χ2v) is 5.17. The van der Waals surface area contributed by atoms with Gasteiger partial charge in [-0.25, -0.2) is 0 Å². The van der Waals surface area contributed by atoms with E-state index in [-0.39, 0.29) is 18.7 Å². The number of carboxylic acids is 1. The fourth-order valence-electron chi connectivity index (χ4n) is 1.65. The molecule has 0 saturated heterocycles. The summed E-state index contributed by atoms with van der Waals surface area (Å²) in [6.45, 7) is 0.0861. The van der Waals surface area contributed by atoms with Crippen LogP contribution in [0, 0.1) is 0 Å². The largest absolute Gasteiger partial charge is 0.481 e. The van der Waals surface area contributed by atoms with Crippen LogP contribution in [-0.2, 0) is 9.53 Å². The highest BCUT2D eigenvalue weighted by atomic mass is 32.1. The lowest BCUT2D eigenvalue weighted by Gasteiger charge is -2.12. The van der Waals surface area contributed by atoms with Crippen LogP contribution >= 0.6 is 11.3 Å². The molecule has 2 aromatic heterocycles. The highest BCUT2D eigenvalue weighted by Crippen LogP contribution is 2.24. The molecule has 0 saturated carbocycles. The van der Waals surface area contributed by atoms with Crippen molar-refractivity contribution in [2.75, 3.05) is 13.7 Å². The molecule has 1 unspecified atom stereocenters. The molecular weight excluding hydrogens is 296 g/mol. The Labute approximate surface area is 124 Å². The van der Waals surface area contributed by atoms with Crippen LogP contribution in [0.1, 0.15) is 16.9 Å². The predicted octanol–water partition coefficient (Wildman–Crippen LogP) is 1.62. The van der Waals surface area contributed by atoms with Crippen molar-refractivity contribution < 1.29 is 24.0 Å². The number of hydrogen-bond acceptors (Lipinski definition) is 6. The Morgan fingerprint density at radius 3 is 3.00 bits per heavy atom. The van der Waals surface area contributed by atoms with Gasteiger partial charge in [-0.2, -0.15) is 0 Å². The molecule has 0 aliphatic heterocycles. The monoisotopic (exact) mass is 310 g/mol. The lowest BCUT2D eigenvalue weighted by molar-refractivity contribution is -0.139. The molecule has 2 N–H and O–H groups in total. The first kappa shape index (κ1) is 15.2. The van der Waals surface area contributed by atoms with Gasteiger partial charge in [-0.05, 0) is 11.4 Å². The number of carbonyl (C=O) groups is 2. The lowest BCUT2D eigenvalue weighted by Crippen LogP contribution is -2.34. The van der Waals surface area contributed by atoms with Gasteiger partial charge in [-0.15, -0.1) is 11.3 Å². The first-order chi connectivity index (χ1) is 10.1. The van der Waals surface area contributed by atoms with Crippen LogP contribution in [0.15, 0.2) is 28.1 Å². The third-order valence-electron chi connectivity index (χ3n) is 2.73. The Morgan fingerprint density at radius 2 is 2.38 bits per heavy atom. The molecule has 21 heavy (non-hydrogen) atoms. The van der Waals surface area contributed by atoms with Crippen LogP contribution < -0.4 is 5.32 Å². The summed E-state index contributed by atoms with van der Waals surface area (Å²) >= 11 is 1.48. The maximum absolute atomic E-state index is 11.9. The smallest absolute Gasteiger partial charge is 0.306 e. The van der Waals surface area contributed by atoms with E-state index in [0.29, 0.717) is 5.76 Å². The predicted molar refractivity (Wildman–Crippen MR) is 75.2 cm³/mol. The molecule has 112 valence electrons. The minimum atomic E-state index is -0.988. The molecule has 0 fully saturated rings. The van der Waals surface area contributed by atoms with Crippen LogP contribution in [0.4, 0.5) is 0 Å². The third-order valence-corrected chi connectivity index (χ3v) is 3.62. The standard InChI is InChI=1S/C13H14N2O5S/c1-19-8(5-12(16)17)7-14-13(18)9-6-10(20-15-9)11-3-2-4-21-11/h2-4,6,8H,5,7H2,1H3,(H,14,18)(H,16,17).